The molecular formula is C18H20N4O. The fourth-order valence-electron chi connectivity index (χ4n) is 2.56. The van der Waals surface area contributed by atoms with E-state index in [1.165, 1.54) is 0 Å². The van der Waals surface area contributed by atoms with Gasteiger partial charge in [-0.2, -0.15) is 5.10 Å². The number of hydrogen-bond acceptors (Lipinski definition) is 4. The zero-order valence-corrected chi connectivity index (χ0v) is 13.4. The van der Waals surface area contributed by atoms with Gasteiger partial charge in [0.1, 0.15) is 0 Å². The summed E-state index contributed by atoms with van der Waals surface area (Å²) < 4.78 is 0. The standard InChI is InChI=1S/C18H20N4O/c1-14-10-12-22(20-14)17-8-6-15(7-9-17)18(23)21(2)13-16-5-3-4-11-19-16/h3-9,11H,10,12-13H2,1-2H3. The quantitative estimate of drug-likeness (QED) is 0.872. The van der Waals surface area contributed by atoms with Gasteiger partial charge in [0.25, 0.3) is 5.91 Å². The second-order valence-corrected chi connectivity index (χ2v) is 5.74. The lowest BCUT2D eigenvalue weighted by molar-refractivity contribution is 0.0783. The minimum absolute atomic E-state index is 0.0108. The van der Waals surface area contributed by atoms with Gasteiger partial charge < -0.3 is 4.90 Å². The van der Waals surface area contributed by atoms with Crippen molar-refractivity contribution in [1.82, 2.24) is 9.88 Å². The molecule has 1 aromatic carbocycles. The monoisotopic (exact) mass is 308 g/mol. The maximum Gasteiger partial charge on any atom is 0.253 e. The third-order valence-corrected chi connectivity index (χ3v) is 3.86. The van der Waals surface area contributed by atoms with E-state index in [0.29, 0.717) is 12.1 Å². The Hall–Kier alpha value is -2.69. The summed E-state index contributed by atoms with van der Waals surface area (Å²) in [5.41, 5.74) is 3.71. The molecule has 1 aromatic heterocycles. The molecular weight excluding hydrogens is 288 g/mol. The van der Waals surface area contributed by atoms with Gasteiger partial charge >= 0.3 is 0 Å². The first kappa shape index (κ1) is 15.2. The second-order valence-electron chi connectivity index (χ2n) is 5.74. The number of carbonyl (C=O) groups excluding carboxylic acids is 1. The van der Waals surface area contributed by atoms with Crippen molar-refractivity contribution in [2.45, 2.75) is 19.9 Å². The summed E-state index contributed by atoms with van der Waals surface area (Å²) in [5.74, 6) is -0.0108. The zero-order valence-electron chi connectivity index (χ0n) is 13.4. The van der Waals surface area contributed by atoms with Crippen molar-refractivity contribution in [3.63, 3.8) is 0 Å². The predicted molar refractivity (Wildman–Crippen MR) is 91.5 cm³/mol. The van der Waals surface area contributed by atoms with Gasteiger partial charge in [0, 0.05) is 37.5 Å². The Kier molecular flexibility index (Phi) is 4.37. The Labute approximate surface area is 136 Å². The van der Waals surface area contributed by atoms with E-state index in [-0.39, 0.29) is 5.91 Å². The minimum Gasteiger partial charge on any atom is -0.336 e. The summed E-state index contributed by atoms with van der Waals surface area (Å²) in [6.45, 7) is 3.43. The largest absolute Gasteiger partial charge is 0.336 e. The number of hydrazone groups is 1. The molecule has 5 heteroatoms. The van der Waals surface area contributed by atoms with Gasteiger partial charge in [0.15, 0.2) is 0 Å². The molecule has 0 aliphatic carbocycles. The minimum atomic E-state index is -0.0108. The number of aromatic nitrogens is 1. The number of anilines is 1. The normalized spacial score (nSPS) is 13.8. The summed E-state index contributed by atoms with van der Waals surface area (Å²) in [4.78, 5) is 18.4. The van der Waals surface area contributed by atoms with E-state index in [1.807, 2.05) is 54.4 Å². The van der Waals surface area contributed by atoms with Gasteiger partial charge in [0.2, 0.25) is 0 Å². The molecule has 0 unspecified atom stereocenters. The van der Waals surface area contributed by atoms with Crippen LogP contribution in [0.2, 0.25) is 0 Å². The first-order valence-corrected chi connectivity index (χ1v) is 7.70. The van der Waals surface area contributed by atoms with Crippen LogP contribution in [0.4, 0.5) is 5.69 Å². The van der Waals surface area contributed by atoms with Crippen LogP contribution in [0.5, 0.6) is 0 Å². The first-order chi connectivity index (χ1) is 11.1. The fraction of sp³-hybridized carbons (Fsp3) is 0.278. The molecule has 0 bridgehead atoms. The first-order valence-electron chi connectivity index (χ1n) is 7.70. The van der Waals surface area contributed by atoms with Crippen LogP contribution in [0.3, 0.4) is 0 Å². The van der Waals surface area contributed by atoms with Crippen LogP contribution in [-0.2, 0) is 6.54 Å². The molecule has 3 rings (SSSR count). The van der Waals surface area contributed by atoms with Crippen molar-refractivity contribution in [2.75, 3.05) is 18.6 Å². The number of benzene rings is 1. The number of hydrogen-bond donors (Lipinski definition) is 0. The predicted octanol–water partition coefficient (Wildman–Crippen LogP) is 2.94. The number of rotatable bonds is 4. The van der Waals surface area contributed by atoms with Gasteiger partial charge in [-0.25, -0.2) is 0 Å². The molecule has 5 nitrogen and oxygen atoms in total. The lowest BCUT2D eigenvalue weighted by atomic mass is 10.1. The van der Waals surface area contributed by atoms with Crippen LogP contribution in [-0.4, -0.2) is 35.1 Å². The van der Waals surface area contributed by atoms with Crippen LogP contribution in [0.1, 0.15) is 29.4 Å². The van der Waals surface area contributed by atoms with Crippen LogP contribution >= 0.6 is 0 Å². The van der Waals surface area contributed by atoms with E-state index in [2.05, 4.69) is 10.1 Å². The fourth-order valence-corrected chi connectivity index (χ4v) is 2.56. The summed E-state index contributed by atoms with van der Waals surface area (Å²) in [6, 6.07) is 13.3. The zero-order chi connectivity index (χ0) is 16.2. The molecule has 1 amide bonds. The molecule has 1 aliphatic rings. The maximum atomic E-state index is 12.5. The summed E-state index contributed by atoms with van der Waals surface area (Å²) >= 11 is 0. The van der Waals surface area contributed by atoms with Gasteiger partial charge in [-0.15, -0.1) is 0 Å². The average molecular weight is 308 g/mol. The van der Waals surface area contributed by atoms with Gasteiger partial charge in [-0.05, 0) is 43.3 Å². The Bertz CT molecular complexity index is 710. The highest BCUT2D eigenvalue weighted by molar-refractivity contribution is 5.94. The van der Waals surface area contributed by atoms with Crippen molar-refractivity contribution >= 4 is 17.3 Å². The van der Waals surface area contributed by atoms with Gasteiger partial charge in [0.05, 0.1) is 17.9 Å². The van der Waals surface area contributed by atoms with Crippen LogP contribution < -0.4 is 5.01 Å². The van der Waals surface area contributed by atoms with E-state index in [4.69, 9.17) is 0 Å². The molecule has 0 spiro atoms. The molecule has 0 atom stereocenters. The molecule has 0 radical (unpaired) electrons. The van der Waals surface area contributed by atoms with Crippen molar-refractivity contribution in [3.8, 4) is 0 Å². The van der Waals surface area contributed by atoms with E-state index >= 15 is 0 Å². The number of nitrogens with zero attached hydrogens (tertiary/aromatic N) is 4. The Balaban J connectivity index is 1.68. The van der Waals surface area contributed by atoms with Gasteiger partial charge in [-0.1, -0.05) is 6.07 Å². The molecule has 23 heavy (non-hydrogen) atoms. The van der Waals surface area contributed by atoms with Crippen LogP contribution in [0.25, 0.3) is 0 Å². The van der Waals surface area contributed by atoms with E-state index in [1.54, 1.807) is 18.1 Å². The molecule has 2 aromatic rings. The smallest absolute Gasteiger partial charge is 0.253 e. The van der Waals surface area contributed by atoms with Crippen LogP contribution in [0.15, 0.2) is 53.8 Å². The average Bonchev–Trinajstić information content (AvgIpc) is 3.02. The Morgan fingerprint density at radius 2 is 2.00 bits per heavy atom. The van der Waals surface area contributed by atoms with Crippen molar-refractivity contribution in [1.29, 1.82) is 0 Å². The molecule has 0 N–H and O–H groups in total. The highest BCUT2D eigenvalue weighted by Gasteiger charge is 2.15. The summed E-state index contributed by atoms with van der Waals surface area (Å²) in [6.07, 6.45) is 2.73. The summed E-state index contributed by atoms with van der Waals surface area (Å²) in [5, 5.41) is 6.44. The van der Waals surface area contributed by atoms with E-state index in [9.17, 15) is 4.79 Å². The number of pyridine rings is 1. The Morgan fingerprint density at radius 1 is 1.22 bits per heavy atom. The van der Waals surface area contributed by atoms with Crippen LogP contribution in [0, 0.1) is 0 Å². The van der Waals surface area contributed by atoms with Crippen molar-refractivity contribution in [2.24, 2.45) is 5.10 Å². The summed E-state index contributed by atoms with van der Waals surface area (Å²) in [7, 11) is 1.79. The number of amides is 1. The third kappa shape index (κ3) is 3.56. The molecule has 0 saturated heterocycles. The topological polar surface area (TPSA) is 48.8 Å². The van der Waals surface area contributed by atoms with Gasteiger partial charge in [-0.3, -0.25) is 14.8 Å². The highest BCUT2D eigenvalue weighted by Crippen LogP contribution is 2.20. The highest BCUT2D eigenvalue weighted by atomic mass is 16.2. The molecule has 1 aliphatic heterocycles. The van der Waals surface area contributed by atoms with E-state index < -0.39 is 0 Å². The second kappa shape index (κ2) is 6.60. The van der Waals surface area contributed by atoms with Crippen molar-refractivity contribution < 1.29 is 4.79 Å². The SMILES string of the molecule is CC1=NN(c2ccc(C(=O)N(C)Cc3ccccn3)cc2)CC1. The molecule has 0 saturated carbocycles. The Morgan fingerprint density at radius 3 is 2.61 bits per heavy atom. The molecule has 0 fully saturated rings. The van der Waals surface area contributed by atoms with Crippen molar-refractivity contribution in [3.05, 3.63) is 59.9 Å². The number of carbonyl (C=O) groups is 1. The lowest BCUT2D eigenvalue weighted by Crippen LogP contribution is -2.26. The lowest BCUT2D eigenvalue weighted by Gasteiger charge is -2.18. The third-order valence-electron chi connectivity index (χ3n) is 3.86. The maximum absolute atomic E-state index is 12.5. The molecule has 2 heterocycles. The molecule has 118 valence electrons. The van der Waals surface area contributed by atoms with E-state index in [0.717, 1.165) is 30.1 Å².